The van der Waals surface area contributed by atoms with Crippen molar-refractivity contribution in [2.24, 2.45) is 7.05 Å². The number of nitrogens with zero attached hydrogens (tertiary/aromatic N) is 1. The average molecular weight is 254 g/mol. The third-order valence-electron chi connectivity index (χ3n) is 2.20. The molecule has 0 aliphatic heterocycles. The van der Waals surface area contributed by atoms with Crippen molar-refractivity contribution in [3.8, 4) is 5.88 Å². The number of aromatic nitrogens is 1. The molecule has 0 saturated heterocycles. The monoisotopic (exact) mass is 253 g/mol. The smallest absolute Gasteiger partial charge is 0.505 e. The Morgan fingerprint density at radius 3 is 2.93 bits per heavy atom. The van der Waals surface area contributed by atoms with Crippen molar-refractivity contribution in [1.82, 2.24) is 4.57 Å². The van der Waals surface area contributed by atoms with Crippen LogP contribution in [0.2, 0.25) is 0 Å². The van der Waals surface area contributed by atoms with E-state index >= 15 is 0 Å². The molecule has 1 aromatic heterocycles. The van der Waals surface area contributed by atoms with E-state index in [0.717, 1.165) is 15.4 Å². The van der Waals surface area contributed by atoms with Crippen LogP contribution in [-0.4, -0.2) is 17.3 Å². The number of benzene rings is 1. The van der Waals surface area contributed by atoms with Crippen molar-refractivity contribution in [2.45, 2.75) is 0 Å². The van der Waals surface area contributed by atoms with E-state index in [1.807, 2.05) is 35.9 Å². The van der Waals surface area contributed by atoms with E-state index in [-0.39, 0.29) is 7.69 Å². The number of aryl methyl sites for hydroxylation is 1. The first kappa shape index (κ1) is 9.61. The highest BCUT2D eigenvalue weighted by Crippen LogP contribution is 2.29. The van der Waals surface area contributed by atoms with Gasteiger partial charge >= 0.3 is 7.69 Å². The molecule has 0 atom stereocenters. The topological polar surface area (TPSA) is 34.4 Å². The molecule has 2 rings (SSSR count). The third-order valence-corrected chi connectivity index (χ3v) is 2.89. The van der Waals surface area contributed by atoms with Crippen LogP contribution in [-0.2, 0) is 7.05 Å². The summed E-state index contributed by atoms with van der Waals surface area (Å²) in [5.41, 5.74) is 1.07. The molecule has 1 heterocycles. The van der Waals surface area contributed by atoms with E-state index in [4.69, 9.17) is 9.68 Å². The number of fused-ring (bicyclic) bond motifs is 1. The minimum atomic E-state index is -0.304. The Morgan fingerprint density at radius 1 is 1.50 bits per heavy atom. The van der Waals surface area contributed by atoms with Crippen LogP contribution in [0.1, 0.15) is 0 Å². The fraction of sp³-hybridized carbons (Fsp3) is 0.111. The molecule has 1 aromatic carbocycles. The first-order valence-electron chi connectivity index (χ1n) is 4.21. The van der Waals surface area contributed by atoms with Crippen LogP contribution in [0.25, 0.3) is 10.9 Å². The molecule has 0 saturated carbocycles. The molecule has 1 N–H and O–H groups in total. The second kappa shape index (κ2) is 3.67. The normalized spacial score (nSPS) is 10.5. The van der Waals surface area contributed by atoms with Crippen LogP contribution in [0.4, 0.5) is 0 Å². The van der Waals surface area contributed by atoms with Gasteiger partial charge in [-0.3, -0.25) is 0 Å². The maximum absolute atomic E-state index is 8.69. The van der Waals surface area contributed by atoms with Crippen molar-refractivity contribution in [3.05, 3.63) is 28.7 Å². The largest absolute Gasteiger partial charge is 0.526 e. The lowest BCUT2D eigenvalue weighted by atomic mass is 10.2. The molecule has 72 valence electrons. The zero-order chi connectivity index (χ0) is 10.1. The van der Waals surface area contributed by atoms with E-state index in [1.165, 1.54) is 0 Å². The number of hydrogen-bond acceptors (Lipinski definition) is 2. The molecule has 3 nitrogen and oxygen atoms in total. The Morgan fingerprint density at radius 2 is 2.29 bits per heavy atom. The molecule has 0 fully saturated rings. The van der Waals surface area contributed by atoms with Gasteiger partial charge in [-0.1, -0.05) is 22.0 Å². The number of rotatable bonds is 2. The predicted molar refractivity (Wildman–Crippen MR) is 60.6 cm³/mol. The van der Waals surface area contributed by atoms with Gasteiger partial charge in [0.2, 0.25) is 0 Å². The Hall–Kier alpha value is -0.935. The Kier molecular flexibility index (Phi) is 2.52. The average Bonchev–Trinajstić information content (AvgIpc) is 2.48. The highest BCUT2D eigenvalue weighted by Gasteiger charge is 2.08. The van der Waals surface area contributed by atoms with Crippen molar-refractivity contribution in [2.75, 3.05) is 0 Å². The summed E-state index contributed by atoms with van der Waals surface area (Å²) < 4.78 is 8.00. The van der Waals surface area contributed by atoms with Crippen LogP contribution in [0.5, 0.6) is 5.88 Å². The van der Waals surface area contributed by atoms with E-state index in [2.05, 4.69) is 15.9 Å². The van der Waals surface area contributed by atoms with Crippen molar-refractivity contribution in [3.63, 3.8) is 0 Å². The third kappa shape index (κ3) is 1.42. The maximum Gasteiger partial charge on any atom is 0.505 e. The molecule has 2 aromatic rings. The van der Waals surface area contributed by atoms with Gasteiger partial charge in [0.05, 0.1) is 5.52 Å². The van der Waals surface area contributed by atoms with E-state index in [0.29, 0.717) is 5.88 Å². The molecule has 0 spiro atoms. The van der Waals surface area contributed by atoms with Crippen LogP contribution in [0, 0.1) is 0 Å². The molecule has 0 aliphatic carbocycles. The Labute approximate surface area is 90.7 Å². The first-order valence-corrected chi connectivity index (χ1v) is 5.01. The summed E-state index contributed by atoms with van der Waals surface area (Å²) in [7, 11) is 1.60. The summed E-state index contributed by atoms with van der Waals surface area (Å²) in [6.45, 7) is 0. The molecule has 0 unspecified atom stereocenters. The molecule has 0 aliphatic rings. The minimum Gasteiger partial charge on any atom is -0.526 e. The van der Waals surface area contributed by atoms with Gasteiger partial charge in [0, 0.05) is 23.0 Å². The first-order chi connectivity index (χ1) is 6.74. The zero-order valence-electron chi connectivity index (χ0n) is 7.70. The number of hydrogen-bond donors (Lipinski definition) is 1. The lowest BCUT2D eigenvalue weighted by Gasteiger charge is -2.02. The van der Waals surface area contributed by atoms with Gasteiger partial charge in [-0.05, 0) is 12.1 Å². The molecule has 0 amide bonds. The fourth-order valence-electron chi connectivity index (χ4n) is 1.50. The highest BCUT2D eigenvalue weighted by atomic mass is 79.9. The molecular formula is C9H9BBrNO2. The van der Waals surface area contributed by atoms with Gasteiger partial charge in [0.15, 0.2) is 5.88 Å². The zero-order valence-corrected chi connectivity index (χ0v) is 9.28. The summed E-state index contributed by atoms with van der Waals surface area (Å²) in [6.07, 6.45) is 0. The summed E-state index contributed by atoms with van der Waals surface area (Å²) in [4.78, 5) is 0. The van der Waals surface area contributed by atoms with Crippen LogP contribution in [0.3, 0.4) is 0 Å². The number of halogens is 1. The maximum atomic E-state index is 8.69. The summed E-state index contributed by atoms with van der Waals surface area (Å²) in [6, 6.07) is 7.85. The van der Waals surface area contributed by atoms with E-state index in [1.54, 1.807) is 0 Å². The summed E-state index contributed by atoms with van der Waals surface area (Å²) in [5, 5.41) is 9.77. The lowest BCUT2D eigenvalue weighted by molar-refractivity contribution is 0.433. The SMILES string of the molecule is Cn1c(OBO)cc2c(Br)cccc21. The van der Waals surface area contributed by atoms with Gasteiger partial charge in [-0.2, -0.15) is 0 Å². The summed E-state index contributed by atoms with van der Waals surface area (Å²) in [5.74, 6) is 0.661. The quantitative estimate of drug-likeness (QED) is 0.825. The lowest BCUT2D eigenvalue weighted by Crippen LogP contribution is -2.03. The van der Waals surface area contributed by atoms with Gasteiger partial charge < -0.3 is 14.2 Å². The molecule has 0 radical (unpaired) electrons. The van der Waals surface area contributed by atoms with Crippen LogP contribution < -0.4 is 4.65 Å². The Bertz CT molecular complexity index is 469. The second-order valence-electron chi connectivity index (χ2n) is 2.99. The summed E-state index contributed by atoms with van der Waals surface area (Å²) >= 11 is 3.46. The van der Waals surface area contributed by atoms with E-state index in [9.17, 15) is 0 Å². The molecule has 0 bridgehead atoms. The van der Waals surface area contributed by atoms with Crippen molar-refractivity contribution >= 4 is 34.5 Å². The predicted octanol–water partition coefficient (Wildman–Crippen LogP) is 1.58. The molecular weight excluding hydrogens is 245 g/mol. The highest BCUT2D eigenvalue weighted by molar-refractivity contribution is 9.10. The van der Waals surface area contributed by atoms with Gasteiger partial charge in [-0.25, -0.2) is 0 Å². The van der Waals surface area contributed by atoms with Crippen molar-refractivity contribution < 1.29 is 9.68 Å². The minimum absolute atomic E-state index is 0.304. The van der Waals surface area contributed by atoms with Gasteiger partial charge in [0.25, 0.3) is 0 Å². The fourth-order valence-corrected chi connectivity index (χ4v) is 1.97. The van der Waals surface area contributed by atoms with Gasteiger partial charge in [0.1, 0.15) is 0 Å². The van der Waals surface area contributed by atoms with Crippen molar-refractivity contribution in [1.29, 1.82) is 0 Å². The van der Waals surface area contributed by atoms with Gasteiger partial charge in [-0.15, -0.1) is 0 Å². The van der Waals surface area contributed by atoms with Crippen LogP contribution in [0.15, 0.2) is 28.7 Å². The second-order valence-corrected chi connectivity index (χ2v) is 3.84. The standard InChI is InChI=1S/C9H9BBrNO2/c1-12-8-4-2-3-7(11)6(8)5-9(12)14-10-13/h2-5,10,13H,1H3. The van der Waals surface area contributed by atoms with Crippen LogP contribution >= 0.6 is 15.9 Å². The molecule has 5 heteroatoms. The Balaban J connectivity index is 2.67. The molecule has 14 heavy (non-hydrogen) atoms. The van der Waals surface area contributed by atoms with E-state index < -0.39 is 0 Å².